The SMILES string of the molecule is O=C(O)C(Cc1ccccc1)C(F)(F)F. The molecule has 0 spiro atoms. The smallest absolute Gasteiger partial charge is 0.402 e. The molecule has 1 aromatic carbocycles. The predicted molar refractivity (Wildman–Crippen MR) is 47.3 cm³/mol. The van der Waals surface area contributed by atoms with Crippen LogP contribution >= 0.6 is 0 Å². The van der Waals surface area contributed by atoms with Gasteiger partial charge in [0.25, 0.3) is 0 Å². The maximum atomic E-state index is 12.3. The molecule has 0 amide bonds. The largest absolute Gasteiger partial charge is 0.481 e. The van der Waals surface area contributed by atoms with Crippen LogP contribution in [0.4, 0.5) is 13.2 Å². The Labute approximate surface area is 84.3 Å². The van der Waals surface area contributed by atoms with Crippen LogP contribution in [0.5, 0.6) is 0 Å². The van der Waals surface area contributed by atoms with Crippen LogP contribution in [0.25, 0.3) is 0 Å². The molecule has 5 heteroatoms. The van der Waals surface area contributed by atoms with Crippen molar-refractivity contribution in [2.24, 2.45) is 5.92 Å². The molecule has 0 heterocycles. The highest BCUT2D eigenvalue weighted by atomic mass is 19.4. The summed E-state index contributed by atoms with van der Waals surface area (Å²) in [6.45, 7) is 0. The Morgan fingerprint density at radius 2 is 1.80 bits per heavy atom. The fourth-order valence-electron chi connectivity index (χ4n) is 1.19. The highest BCUT2D eigenvalue weighted by Gasteiger charge is 2.44. The van der Waals surface area contributed by atoms with Crippen LogP contribution in [0.3, 0.4) is 0 Å². The molecule has 1 atom stereocenters. The molecule has 0 aromatic heterocycles. The van der Waals surface area contributed by atoms with E-state index in [2.05, 4.69) is 0 Å². The molecule has 1 aromatic rings. The third-order valence-corrected chi connectivity index (χ3v) is 1.98. The van der Waals surface area contributed by atoms with Crippen LogP contribution in [-0.4, -0.2) is 17.3 Å². The van der Waals surface area contributed by atoms with Gasteiger partial charge in [-0.2, -0.15) is 13.2 Å². The van der Waals surface area contributed by atoms with Gasteiger partial charge in [0, 0.05) is 0 Å². The lowest BCUT2D eigenvalue weighted by molar-refractivity contribution is -0.193. The number of aliphatic carboxylic acids is 1. The van der Waals surface area contributed by atoms with E-state index in [1.54, 1.807) is 18.2 Å². The maximum Gasteiger partial charge on any atom is 0.402 e. The van der Waals surface area contributed by atoms with Crippen molar-refractivity contribution in [3.05, 3.63) is 35.9 Å². The summed E-state index contributed by atoms with van der Waals surface area (Å²) < 4.78 is 36.8. The fraction of sp³-hybridized carbons (Fsp3) is 0.300. The van der Waals surface area contributed by atoms with Gasteiger partial charge in [-0.25, -0.2) is 0 Å². The minimum absolute atomic E-state index is 0.363. The molecule has 0 bridgehead atoms. The number of hydrogen-bond donors (Lipinski definition) is 1. The molecular weight excluding hydrogens is 209 g/mol. The first kappa shape index (κ1) is 11.6. The minimum atomic E-state index is -4.71. The van der Waals surface area contributed by atoms with Crippen molar-refractivity contribution in [1.29, 1.82) is 0 Å². The van der Waals surface area contributed by atoms with E-state index in [9.17, 15) is 18.0 Å². The van der Waals surface area contributed by atoms with Crippen molar-refractivity contribution in [2.45, 2.75) is 12.6 Å². The first-order chi connectivity index (χ1) is 6.91. The van der Waals surface area contributed by atoms with Crippen LogP contribution in [0.2, 0.25) is 0 Å². The van der Waals surface area contributed by atoms with Crippen molar-refractivity contribution in [1.82, 2.24) is 0 Å². The van der Waals surface area contributed by atoms with Crippen molar-refractivity contribution in [2.75, 3.05) is 0 Å². The van der Waals surface area contributed by atoms with Gasteiger partial charge in [-0.05, 0) is 12.0 Å². The molecule has 0 aliphatic carbocycles. The van der Waals surface area contributed by atoms with Crippen LogP contribution in [0.15, 0.2) is 30.3 Å². The average Bonchev–Trinajstić information content (AvgIpc) is 2.13. The topological polar surface area (TPSA) is 37.3 Å². The zero-order valence-electron chi connectivity index (χ0n) is 7.66. The summed E-state index contributed by atoms with van der Waals surface area (Å²) >= 11 is 0. The van der Waals surface area contributed by atoms with E-state index >= 15 is 0 Å². The second-order valence-electron chi connectivity index (χ2n) is 3.12. The van der Waals surface area contributed by atoms with Gasteiger partial charge in [-0.3, -0.25) is 4.79 Å². The first-order valence-electron chi connectivity index (χ1n) is 4.24. The molecule has 0 radical (unpaired) electrons. The summed E-state index contributed by atoms with van der Waals surface area (Å²) in [5, 5.41) is 8.45. The molecule has 0 aliphatic rings. The molecular formula is C10H9F3O2. The Kier molecular flexibility index (Phi) is 3.34. The Bertz CT molecular complexity index is 332. The van der Waals surface area contributed by atoms with Gasteiger partial charge in [0.1, 0.15) is 0 Å². The summed E-state index contributed by atoms with van der Waals surface area (Å²) in [5.41, 5.74) is 0.363. The lowest BCUT2D eigenvalue weighted by atomic mass is 9.99. The second-order valence-corrected chi connectivity index (χ2v) is 3.12. The summed E-state index contributed by atoms with van der Waals surface area (Å²) in [5.74, 6) is -4.17. The second kappa shape index (κ2) is 4.33. The molecule has 15 heavy (non-hydrogen) atoms. The van der Waals surface area contributed by atoms with Gasteiger partial charge < -0.3 is 5.11 Å². The third-order valence-electron chi connectivity index (χ3n) is 1.98. The van der Waals surface area contributed by atoms with Gasteiger partial charge in [0.2, 0.25) is 0 Å². The quantitative estimate of drug-likeness (QED) is 0.846. The van der Waals surface area contributed by atoms with Gasteiger partial charge in [0.05, 0.1) is 0 Å². The van der Waals surface area contributed by atoms with Gasteiger partial charge in [-0.15, -0.1) is 0 Å². The minimum Gasteiger partial charge on any atom is -0.481 e. The molecule has 0 fully saturated rings. The van der Waals surface area contributed by atoms with Crippen molar-refractivity contribution in [3.63, 3.8) is 0 Å². The number of benzene rings is 1. The zero-order valence-corrected chi connectivity index (χ0v) is 7.66. The molecule has 1 unspecified atom stereocenters. The van der Waals surface area contributed by atoms with E-state index < -0.39 is 24.5 Å². The van der Waals surface area contributed by atoms with Gasteiger partial charge in [0.15, 0.2) is 5.92 Å². The van der Waals surface area contributed by atoms with E-state index in [4.69, 9.17) is 5.11 Å². The third kappa shape index (κ3) is 3.27. The Balaban J connectivity index is 2.82. The van der Waals surface area contributed by atoms with Crippen LogP contribution in [-0.2, 0) is 11.2 Å². The molecule has 82 valence electrons. The number of rotatable bonds is 3. The van der Waals surface area contributed by atoms with Crippen molar-refractivity contribution in [3.8, 4) is 0 Å². The number of hydrogen-bond acceptors (Lipinski definition) is 1. The number of carboxylic acids is 1. The molecule has 1 rings (SSSR count). The first-order valence-corrected chi connectivity index (χ1v) is 4.24. The van der Waals surface area contributed by atoms with E-state index in [1.165, 1.54) is 12.1 Å². The Morgan fingerprint density at radius 3 is 2.20 bits per heavy atom. The molecule has 0 aliphatic heterocycles. The van der Waals surface area contributed by atoms with E-state index in [1.807, 2.05) is 0 Å². The zero-order chi connectivity index (χ0) is 11.5. The summed E-state index contributed by atoms with van der Waals surface area (Å²) in [7, 11) is 0. The van der Waals surface area contributed by atoms with Crippen molar-refractivity contribution >= 4 is 5.97 Å². The summed E-state index contributed by atoms with van der Waals surface area (Å²) in [6, 6.07) is 7.76. The lowest BCUT2D eigenvalue weighted by Gasteiger charge is -2.15. The number of halogens is 3. The monoisotopic (exact) mass is 218 g/mol. The highest BCUT2D eigenvalue weighted by molar-refractivity contribution is 5.71. The lowest BCUT2D eigenvalue weighted by Crippen LogP contribution is -2.32. The summed E-state index contributed by atoms with van der Waals surface area (Å²) in [6.07, 6.45) is -5.23. The standard InChI is InChI=1S/C10H9F3O2/c11-10(12,13)8(9(14)15)6-7-4-2-1-3-5-7/h1-5,8H,6H2,(H,14,15). The van der Waals surface area contributed by atoms with E-state index in [0.29, 0.717) is 5.56 Å². The van der Waals surface area contributed by atoms with Gasteiger partial charge >= 0.3 is 12.1 Å². The average molecular weight is 218 g/mol. The maximum absolute atomic E-state index is 12.3. The molecule has 0 saturated heterocycles. The van der Waals surface area contributed by atoms with Crippen LogP contribution in [0.1, 0.15) is 5.56 Å². The molecule has 0 saturated carbocycles. The Morgan fingerprint density at radius 1 is 1.27 bits per heavy atom. The summed E-state index contributed by atoms with van der Waals surface area (Å²) in [4.78, 5) is 10.4. The number of alkyl halides is 3. The number of carbonyl (C=O) groups is 1. The Hall–Kier alpha value is -1.52. The van der Waals surface area contributed by atoms with Crippen LogP contribution in [0, 0.1) is 5.92 Å². The number of carboxylic acid groups (broad SMARTS) is 1. The highest BCUT2D eigenvalue weighted by Crippen LogP contribution is 2.29. The normalized spacial score (nSPS) is 13.5. The van der Waals surface area contributed by atoms with Crippen molar-refractivity contribution < 1.29 is 23.1 Å². The van der Waals surface area contributed by atoms with Gasteiger partial charge in [-0.1, -0.05) is 30.3 Å². The van der Waals surface area contributed by atoms with E-state index in [-0.39, 0.29) is 0 Å². The van der Waals surface area contributed by atoms with E-state index in [0.717, 1.165) is 0 Å². The fourth-order valence-corrected chi connectivity index (χ4v) is 1.19. The van der Waals surface area contributed by atoms with Crippen LogP contribution < -0.4 is 0 Å². The molecule has 1 N–H and O–H groups in total. The predicted octanol–water partition coefficient (Wildman–Crippen LogP) is 2.49. The molecule has 2 nitrogen and oxygen atoms in total.